The average Bonchev–Trinajstić information content (AvgIpc) is 3.47. The number of hydrogen-bond acceptors (Lipinski definition) is 5. The highest BCUT2D eigenvalue weighted by atomic mass is 19.3. The Morgan fingerprint density at radius 3 is 2.75 bits per heavy atom. The lowest BCUT2D eigenvalue weighted by Crippen LogP contribution is -2.47. The lowest BCUT2D eigenvalue weighted by atomic mass is 10.0. The second-order valence-electron chi connectivity index (χ2n) is 8.89. The molecule has 1 amide bonds. The van der Waals surface area contributed by atoms with Gasteiger partial charge >= 0.3 is 0 Å². The molecule has 2 heterocycles. The van der Waals surface area contributed by atoms with Gasteiger partial charge in [0, 0.05) is 29.6 Å². The van der Waals surface area contributed by atoms with Crippen LogP contribution in [0.15, 0.2) is 42.9 Å². The van der Waals surface area contributed by atoms with E-state index < -0.39 is 12.0 Å². The van der Waals surface area contributed by atoms with Gasteiger partial charge in [0.1, 0.15) is 5.69 Å². The van der Waals surface area contributed by atoms with E-state index in [4.69, 9.17) is 0 Å². The molecule has 0 unspecified atom stereocenters. The van der Waals surface area contributed by atoms with E-state index in [0.29, 0.717) is 12.2 Å². The molecule has 9 heteroatoms. The van der Waals surface area contributed by atoms with Gasteiger partial charge < -0.3 is 10.6 Å². The van der Waals surface area contributed by atoms with E-state index in [1.165, 1.54) is 12.3 Å². The van der Waals surface area contributed by atoms with E-state index in [0.717, 1.165) is 29.5 Å². The molecule has 1 aliphatic carbocycles. The van der Waals surface area contributed by atoms with E-state index in [9.17, 15) is 13.6 Å². The summed E-state index contributed by atoms with van der Waals surface area (Å²) >= 11 is 0. The van der Waals surface area contributed by atoms with Gasteiger partial charge in [-0.1, -0.05) is 6.07 Å². The molecule has 3 aromatic rings. The van der Waals surface area contributed by atoms with E-state index in [-0.39, 0.29) is 23.5 Å². The highest BCUT2D eigenvalue weighted by Crippen LogP contribution is 2.30. The number of amides is 1. The minimum Gasteiger partial charge on any atom is -0.349 e. The van der Waals surface area contributed by atoms with Crippen molar-refractivity contribution in [2.45, 2.75) is 52.1 Å². The largest absolute Gasteiger partial charge is 0.349 e. The first-order chi connectivity index (χ1) is 15.2. The molecule has 0 bridgehead atoms. The van der Waals surface area contributed by atoms with Gasteiger partial charge in [-0.2, -0.15) is 5.10 Å². The molecule has 0 aliphatic heterocycles. The fourth-order valence-corrected chi connectivity index (χ4v) is 3.53. The van der Waals surface area contributed by atoms with Crippen molar-refractivity contribution in [3.8, 4) is 11.1 Å². The average molecular weight is 440 g/mol. The molecule has 168 valence electrons. The Balaban J connectivity index is 1.49. The minimum atomic E-state index is -2.66. The van der Waals surface area contributed by atoms with Gasteiger partial charge in [-0.25, -0.2) is 18.7 Å². The number of nitrogens with one attached hydrogen (secondary N) is 2. The molecule has 32 heavy (non-hydrogen) atoms. The summed E-state index contributed by atoms with van der Waals surface area (Å²) in [6, 6.07) is 7.00. The van der Waals surface area contributed by atoms with Crippen LogP contribution in [0.4, 0.5) is 20.4 Å². The lowest BCUT2D eigenvalue weighted by Gasteiger charge is -2.26. The SMILES string of the molecule is Cc1cc(Nc2nccc(C(F)F)n2)cc(-c2cnn(CC(C)(C)NC(=O)C3CC3)c2)c1. The maximum absolute atomic E-state index is 12.9. The Labute approximate surface area is 185 Å². The second-order valence-corrected chi connectivity index (χ2v) is 8.89. The summed E-state index contributed by atoms with van der Waals surface area (Å²) in [6.07, 6.45) is 4.28. The quantitative estimate of drug-likeness (QED) is 0.533. The van der Waals surface area contributed by atoms with Crippen LogP contribution in [0.25, 0.3) is 11.1 Å². The van der Waals surface area contributed by atoms with Gasteiger partial charge in [0.25, 0.3) is 6.43 Å². The highest BCUT2D eigenvalue weighted by molar-refractivity contribution is 5.81. The number of nitrogens with zero attached hydrogens (tertiary/aromatic N) is 4. The zero-order valence-corrected chi connectivity index (χ0v) is 18.3. The second kappa shape index (κ2) is 8.64. The number of alkyl halides is 2. The Bertz CT molecular complexity index is 1120. The summed E-state index contributed by atoms with van der Waals surface area (Å²) in [4.78, 5) is 20.0. The summed E-state index contributed by atoms with van der Waals surface area (Å²) in [5, 5.41) is 10.6. The minimum absolute atomic E-state index is 0.106. The third-order valence-electron chi connectivity index (χ3n) is 5.17. The third kappa shape index (κ3) is 5.46. The lowest BCUT2D eigenvalue weighted by molar-refractivity contribution is -0.124. The number of hydrogen-bond donors (Lipinski definition) is 2. The summed E-state index contributed by atoms with van der Waals surface area (Å²) < 4.78 is 27.6. The van der Waals surface area contributed by atoms with Gasteiger partial charge in [0.05, 0.1) is 18.3 Å². The normalized spacial score (nSPS) is 13.9. The fraction of sp³-hybridized carbons (Fsp3) is 0.391. The van der Waals surface area contributed by atoms with Crippen LogP contribution in [-0.2, 0) is 11.3 Å². The molecule has 2 aromatic heterocycles. The molecule has 1 aromatic carbocycles. The zero-order chi connectivity index (χ0) is 22.9. The maximum Gasteiger partial charge on any atom is 0.280 e. The van der Waals surface area contributed by atoms with E-state index in [1.54, 1.807) is 6.20 Å². The smallest absolute Gasteiger partial charge is 0.280 e. The molecule has 0 spiro atoms. The van der Waals surface area contributed by atoms with Crippen molar-refractivity contribution in [2.24, 2.45) is 5.92 Å². The Morgan fingerprint density at radius 2 is 2.03 bits per heavy atom. The van der Waals surface area contributed by atoms with Crippen molar-refractivity contribution in [3.63, 3.8) is 0 Å². The molecule has 1 saturated carbocycles. The van der Waals surface area contributed by atoms with Crippen LogP contribution in [0.2, 0.25) is 0 Å². The molecule has 1 aliphatic rings. The monoisotopic (exact) mass is 440 g/mol. The first-order valence-electron chi connectivity index (χ1n) is 10.5. The van der Waals surface area contributed by atoms with Crippen LogP contribution in [0.5, 0.6) is 0 Å². The van der Waals surface area contributed by atoms with Crippen molar-refractivity contribution in [1.82, 2.24) is 25.1 Å². The van der Waals surface area contributed by atoms with Crippen molar-refractivity contribution in [3.05, 3.63) is 54.1 Å². The summed E-state index contributed by atoms with van der Waals surface area (Å²) in [7, 11) is 0. The topological polar surface area (TPSA) is 84.7 Å². The predicted octanol–water partition coefficient (Wildman–Crippen LogP) is 4.63. The molecule has 0 saturated heterocycles. The Hall–Kier alpha value is -3.36. The third-order valence-corrected chi connectivity index (χ3v) is 5.17. The number of aromatic nitrogens is 4. The van der Waals surface area contributed by atoms with Crippen LogP contribution in [0.3, 0.4) is 0 Å². The van der Waals surface area contributed by atoms with Crippen LogP contribution in [0, 0.1) is 12.8 Å². The zero-order valence-electron chi connectivity index (χ0n) is 18.3. The number of rotatable bonds is 8. The van der Waals surface area contributed by atoms with Gasteiger partial charge in [0.15, 0.2) is 0 Å². The van der Waals surface area contributed by atoms with E-state index in [2.05, 4.69) is 25.7 Å². The van der Waals surface area contributed by atoms with Gasteiger partial charge in [-0.05, 0) is 62.9 Å². The molecular formula is C23H26F2N6O. The first-order valence-corrected chi connectivity index (χ1v) is 10.5. The van der Waals surface area contributed by atoms with Crippen molar-refractivity contribution in [1.29, 1.82) is 0 Å². The number of benzene rings is 1. The Kier molecular flexibility index (Phi) is 5.90. The number of anilines is 2. The molecule has 1 fully saturated rings. The van der Waals surface area contributed by atoms with Crippen LogP contribution in [0.1, 0.15) is 44.4 Å². The Morgan fingerprint density at radius 1 is 1.25 bits per heavy atom. The van der Waals surface area contributed by atoms with Crippen LogP contribution < -0.4 is 10.6 Å². The predicted molar refractivity (Wildman–Crippen MR) is 118 cm³/mol. The van der Waals surface area contributed by atoms with Crippen molar-refractivity contribution >= 4 is 17.5 Å². The standard InChI is InChI=1S/C23H26F2N6O/c1-14-8-16(10-18(9-14)28-22-26-7-6-19(29-22)20(24)25)17-11-27-31(12-17)13-23(2,3)30-21(32)15-4-5-15/h6-12,15,20H,4-5,13H2,1-3H3,(H,30,32)(H,26,28,29). The van der Waals surface area contributed by atoms with Gasteiger partial charge in [-0.3, -0.25) is 9.48 Å². The first kappa shape index (κ1) is 21.9. The molecular weight excluding hydrogens is 414 g/mol. The number of carbonyl (C=O) groups is 1. The number of carbonyl (C=O) groups excluding carboxylic acids is 1. The molecule has 4 rings (SSSR count). The van der Waals surface area contributed by atoms with Crippen molar-refractivity contribution in [2.75, 3.05) is 5.32 Å². The van der Waals surface area contributed by atoms with Crippen molar-refractivity contribution < 1.29 is 13.6 Å². The van der Waals surface area contributed by atoms with Crippen LogP contribution in [-0.4, -0.2) is 31.2 Å². The number of halogens is 2. The molecule has 7 nitrogen and oxygen atoms in total. The fourth-order valence-electron chi connectivity index (χ4n) is 3.53. The summed E-state index contributed by atoms with van der Waals surface area (Å²) in [5.41, 5.74) is 2.76. The number of aryl methyl sites for hydroxylation is 1. The van der Waals surface area contributed by atoms with E-state index >= 15 is 0 Å². The highest BCUT2D eigenvalue weighted by Gasteiger charge is 2.33. The van der Waals surface area contributed by atoms with Gasteiger partial charge in [-0.15, -0.1) is 0 Å². The maximum atomic E-state index is 12.9. The van der Waals surface area contributed by atoms with Gasteiger partial charge in [0.2, 0.25) is 11.9 Å². The summed E-state index contributed by atoms with van der Waals surface area (Å²) in [5.74, 6) is 0.379. The molecule has 0 radical (unpaired) electrons. The molecule has 0 atom stereocenters. The van der Waals surface area contributed by atoms with E-state index in [1.807, 2.05) is 49.8 Å². The summed E-state index contributed by atoms with van der Waals surface area (Å²) in [6.45, 7) is 6.45. The van der Waals surface area contributed by atoms with Crippen LogP contribution >= 0.6 is 0 Å². The molecule has 2 N–H and O–H groups in total.